The van der Waals surface area contributed by atoms with Crippen LogP contribution in [-0.2, 0) is 6.61 Å². The molecule has 1 aliphatic heterocycles. The van der Waals surface area contributed by atoms with Gasteiger partial charge in [-0.1, -0.05) is 0 Å². The molecule has 10 heteroatoms. The van der Waals surface area contributed by atoms with Gasteiger partial charge in [0.15, 0.2) is 0 Å². The number of aliphatic hydroxyl groups is 1. The summed E-state index contributed by atoms with van der Waals surface area (Å²) >= 11 is 0. The standard InChI is InChI=1S/C21H29N5O5/c1-14-15(13-27)9-19(20(22-14)31-4)23-21(24-28)26-7-5-25(6-8-26)16-10-17(29-2)12-18(11-16)30-3/h9-12,27-28H,5-8,13H2,1-4H3,(H,23,24). The Morgan fingerprint density at radius 3 is 2.19 bits per heavy atom. The van der Waals surface area contributed by atoms with Crippen molar-refractivity contribution in [2.45, 2.75) is 13.5 Å². The molecule has 0 amide bonds. The molecule has 31 heavy (non-hydrogen) atoms. The van der Waals surface area contributed by atoms with E-state index in [0.29, 0.717) is 49.0 Å². The lowest BCUT2D eigenvalue weighted by atomic mass is 10.2. The van der Waals surface area contributed by atoms with Crippen LogP contribution in [0.4, 0.5) is 11.4 Å². The predicted octanol–water partition coefficient (Wildman–Crippen LogP) is 1.70. The van der Waals surface area contributed by atoms with E-state index in [9.17, 15) is 10.3 Å². The Bertz CT molecular complexity index is 906. The second kappa shape index (κ2) is 10.2. The van der Waals surface area contributed by atoms with Crippen LogP contribution in [0.5, 0.6) is 17.4 Å². The van der Waals surface area contributed by atoms with Crippen molar-refractivity contribution >= 4 is 17.3 Å². The fraction of sp³-hybridized carbons (Fsp3) is 0.429. The summed E-state index contributed by atoms with van der Waals surface area (Å²) < 4.78 is 16.0. The lowest BCUT2D eigenvalue weighted by Crippen LogP contribution is -2.52. The molecule has 0 bridgehead atoms. The maximum absolute atomic E-state index is 9.72. The molecular weight excluding hydrogens is 402 g/mol. The maximum Gasteiger partial charge on any atom is 0.240 e. The predicted molar refractivity (Wildman–Crippen MR) is 117 cm³/mol. The van der Waals surface area contributed by atoms with Crippen LogP contribution >= 0.6 is 0 Å². The van der Waals surface area contributed by atoms with Crippen LogP contribution in [0.15, 0.2) is 29.3 Å². The Balaban J connectivity index is 1.78. The molecule has 3 rings (SSSR count). The fourth-order valence-electron chi connectivity index (χ4n) is 3.43. The maximum atomic E-state index is 9.72. The highest BCUT2D eigenvalue weighted by atomic mass is 16.5. The Morgan fingerprint density at radius 2 is 1.68 bits per heavy atom. The third kappa shape index (κ3) is 5.09. The number of nitrogens with one attached hydrogen (secondary N) is 1. The highest BCUT2D eigenvalue weighted by molar-refractivity contribution is 5.83. The summed E-state index contributed by atoms with van der Waals surface area (Å²) in [5.74, 6) is 2.07. The van der Waals surface area contributed by atoms with Crippen molar-refractivity contribution in [1.29, 1.82) is 0 Å². The van der Waals surface area contributed by atoms with Crippen LogP contribution in [0, 0.1) is 6.92 Å². The summed E-state index contributed by atoms with van der Waals surface area (Å²) in [4.78, 5) is 13.0. The van der Waals surface area contributed by atoms with Gasteiger partial charge in [-0.25, -0.2) is 15.5 Å². The molecule has 10 nitrogen and oxygen atoms in total. The van der Waals surface area contributed by atoms with Crippen molar-refractivity contribution in [3.05, 3.63) is 35.5 Å². The summed E-state index contributed by atoms with van der Waals surface area (Å²) in [5.41, 5.74) is 4.93. The molecule has 2 aromatic rings. The number of methoxy groups -OCH3 is 3. The number of benzene rings is 1. The Labute approximate surface area is 181 Å². The molecule has 1 aliphatic rings. The molecule has 0 radical (unpaired) electrons. The number of hydrogen-bond acceptors (Lipinski definition) is 8. The van der Waals surface area contributed by atoms with E-state index in [1.165, 1.54) is 7.11 Å². The fourth-order valence-corrected chi connectivity index (χ4v) is 3.43. The van der Waals surface area contributed by atoms with Crippen LogP contribution < -0.4 is 24.6 Å². The third-order valence-corrected chi connectivity index (χ3v) is 5.23. The lowest BCUT2D eigenvalue weighted by molar-refractivity contribution is 0.207. The first-order valence-corrected chi connectivity index (χ1v) is 9.90. The number of hydroxylamine groups is 1. The van der Waals surface area contributed by atoms with Crippen molar-refractivity contribution in [2.24, 2.45) is 4.99 Å². The van der Waals surface area contributed by atoms with E-state index in [2.05, 4.69) is 20.4 Å². The van der Waals surface area contributed by atoms with Gasteiger partial charge in [-0.15, -0.1) is 0 Å². The van der Waals surface area contributed by atoms with Gasteiger partial charge < -0.3 is 29.1 Å². The average molecular weight is 431 g/mol. The minimum atomic E-state index is -0.157. The molecule has 2 heterocycles. The summed E-state index contributed by atoms with van der Waals surface area (Å²) in [5, 5.41) is 19.3. The van der Waals surface area contributed by atoms with Gasteiger partial charge in [0.05, 0.1) is 27.9 Å². The third-order valence-electron chi connectivity index (χ3n) is 5.23. The molecule has 0 unspecified atom stereocenters. The van der Waals surface area contributed by atoms with Crippen LogP contribution in [0.3, 0.4) is 0 Å². The minimum absolute atomic E-state index is 0.157. The molecule has 0 atom stereocenters. The van der Waals surface area contributed by atoms with E-state index in [0.717, 1.165) is 17.2 Å². The molecule has 0 saturated carbocycles. The first-order chi connectivity index (χ1) is 15.0. The van der Waals surface area contributed by atoms with Gasteiger partial charge in [-0.2, -0.15) is 0 Å². The van der Waals surface area contributed by atoms with Crippen LogP contribution in [0.2, 0.25) is 0 Å². The second-order valence-corrected chi connectivity index (χ2v) is 7.01. The molecule has 1 aromatic heterocycles. The number of pyridine rings is 1. The van der Waals surface area contributed by atoms with Gasteiger partial charge in [-0.05, 0) is 13.0 Å². The van der Waals surface area contributed by atoms with Crippen molar-refractivity contribution in [3.63, 3.8) is 0 Å². The van der Waals surface area contributed by atoms with Crippen molar-refractivity contribution in [3.8, 4) is 17.4 Å². The molecule has 1 saturated heterocycles. The van der Waals surface area contributed by atoms with Crippen molar-refractivity contribution in [2.75, 3.05) is 52.4 Å². The van der Waals surface area contributed by atoms with Crippen molar-refractivity contribution < 1.29 is 24.5 Å². The number of piperazine rings is 1. The molecule has 0 spiro atoms. The number of aliphatic hydroxyl groups excluding tert-OH is 1. The Morgan fingerprint density at radius 1 is 1.03 bits per heavy atom. The van der Waals surface area contributed by atoms with Gasteiger partial charge >= 0.3 is 0 Å². The number of hydrogen-bond donors (Lipinski definition) is 3. The lowest BCUT2D eigenvalue weighted by Gasteiger charge is -2.37. The zero-order chi connectivity index (χ0) is 22.4. The number of ether oxygens (including phenoxy) is 3. The quantitative estimate of drug-likeness (QED) is 0.357. The number of guanidine groups is 1. The number of anilines is 1. The number of nitrogens with zero attached hydrogens (tertiary/aromatic N) is 4. The minimum Gasteiger partial charge on any atom is -0.497 e. The van der Waals surface area contributed by atoms with Crippen molar-refractivity contribution in [1.82, 2.24) is 15.4 Å². The summed E-state index contributed by atoms with van der Waals surface area (Å²) in [6.45, 7) is 4.31. The molecule has 1 fully saturated rings. The van der Waals surface area contributed by atoms with E-state index >= 15 is 0 Å². The van der Waals surface area contributed by atoms with Crippen LogP contribution in [-0.4, -0.2) is 73.7 Å². The average Bonchev–Trinajstić information content (AvgIpc) is 2.82. The topological polar surface area (TPSA) is 112 Å². The number of aromatic nitrogens is 1. The summed E-state index contributed by atoms with van der Waals surface area (Å²) in [6.07, 6.45) is 0. The van der Waals surface area contributed by atoms with E-state index in [1.54, 1.807) is 27.2 Å². The largest absolute Gasteiger partial charge is 0.497 e. The smallest absolute Gasteiger partial charge is 0.240 e. The number of aryl methyl sites for hydroxylation is 1. The number of rotatable bonds is 6. The summed E-state index contributed by atoms with van der Waals surface area (Å²) in [6, 6.07) is 7.48. The van der Waals surface area contributed by atoms with Crippen LogP contribution in [0.25, 0.3) is 0 Å². The Kier molecular flexibility index (Phi) is 7.37. The molecule has 3 N–H and O–H groups in total. The van der Waals surface area contributed by atoms with Gasteiger partial charge in [0, 0.05) is 61.3 Å². The zero-order valence-electron chi connectivity index (χ0n) is 18.3. The zero-order valence-corrected chi connectivity index (χ0v) is 18.3. The van der Waals surface area contributed by atoms with E-state index in [1.807, 2.05) is 23.1 Å². The molecule has 1 aromatic carbocycles. The SMILES string of the molecule is COc1cc(OC)cc(N2CCN(C(=Nc3cc(CO)c(C)nc3OC)NO)CC2)c1. The van der Waals surface area contributed by atoms with Gasteiger partial charge in [-0.3, -0.25) is 5.21 Å². The van der Waals surface area contributed by atoms with Gasteiger partial charge in [0.1, 0.15) is 17.2 Å². The van der Waals surface area contributed by atoms with Gasteiger partial charge in [0.2, 0.25) is 11.8 Å². The first-order valence-electron chi connectivity index (χ1n) is 9.90. The highest BCUT2D eigenvalue weighted by Crippen LogP contribution is 2.30. The van der Waals surface area contributed by atoms with E-state index < -0.39 is 0 Å². The van der Waals surface area contributed by atoms with E-state index in [4.69, 9.17) is 14.2 Å². The second-order valence-electron chi connectivity index (χ2n) is 7.01. The highest BCUT2D eigenvalue weighted by Gasteiger charge is 2.22. The van der Waals surface area contributed by atoms with E-state index in [-0.39, 0.29) is 12.6 Å². The normalized spacial score (nSPS) is 14.5. The number of aliphatic imine (C=N–C) groups is 1. The van der Waals surface area contributed by atoms with Gasteiger partial charge in [0.25, 0.3) is 0 Å². The Hall–Kier alpha value is -3.24. The molecular formula is C21H29N5O5. The summed E-state index contributed by atoms with van der Waals surface area (Å²) in [7, 11) is 4.76. The molecule has 168 valence electrons. The molecule has 0 aliphatic carbocycles. The monoisotopic (exact) mass is 431 g/mol. The first kappa shape index (κ1) is 22.4. The van der Waals surface area contributed by atoms with Crippen LogP contribution in [0.1, 0.15) is 11.3 Å².